The first-order valence-electron chi connectivity index (χ1n) is 10.3. The minimum atomic E-state index is -0.316. The van der Waals surface area contributed by atoms with Gasteiger partial charge in [0.1, 0.15) is 23.7 Å². The van der Waals surface area contributed by atoms with Crippen LogP contribution in [0.5, 0.6) is 5.75 Å². The Morgan fingerprint density at radius 1 is 1.19 bits per heavy atom. The molecule has 0 saturated heterocycles. The van der Waals surface area contributed by atoms with Crippen LogP contribution in [0.25, 0.3) is 10.9 Å². The van der Waals surface area contributed by atoms with E-state index in [-0.39, 0.29) is 24.8 Å². The Hall–Kier alpha value is -3.03. The number of Topliss-reactive ketones (excluding diaryl/α,β-unsaturated/α-hetero) is 1. The highest BCUT2D eigenvalue weighted by Crippen LogP contribution is 2.35. The van der Waals surface area contributed by atoms with Crippen LogP contribution in [0, 0.1) is 12.7 Å². The summed E-state index contributed by atoms with van der Waals surface area (Å²) in [7, 11) is 0. The average molecular weight is 426 g/mol. The standard InChI is InChI=1S/C24H27FN2O4/c1-3-5-21(29)19-15-26-24-18(6-4-7-22(24)31-13-12-30-11-10-28)23(19)27-20-9-8-17(25)14-16(20)2/h4,6-9,14-15,28H,3,5,10-13H2,1-2H3,(H,26,27). The number of aryl methyl sites for hydroxylation is 1. The summed E-state index contributed by atoms with van der Waals surface area (Å²) in [5, 5.41) is 12.8. The summed E-state index contributed by atoms with van der Waals surface area (Å²) in [5.41, 5.74) is 3.16. The Bertz CT molecular complexity index is 1060. The maximum absolute atomic E-state index is 13.6. The molecular formula is C24H27FN2O4. The van der Waals surface area contributed by atoms with E-state index in [4.69, 9.17) is 14.6 Å². The van der Waals surface area contributed by atoms with E-state index in [1.165, 1.54) is 12.1 Å². The Morgan fingerprint density at radius 3 is 2.77 bits per heavy atom. The molecule has 1 aromatic heterocycles. The molecule has 0 spiro atoms. The monoisotopic (exact) mass is 426 g/mol. The van der Waals surface area contributed by atoms with Gasteiger partial charge in [-0.05, 0) is 43.2 Å². The summed E-state index contributed by atoms with van der Waals surface area (Å²) < 4.78 is 24.6. The topological polar surface area (TPSA) is 80.7 Å². The number of hydrogen-bond acceptors (Lipinski definition) is 6. The normalized spacial score (nSPS) is 11.0. The highest BCUT2D eigenvalue weighted by molar-refractivity contribution is 6.09. The van der Waals surface area contributed by atoms with Crippen molar-refractivity contribution in [1.29, 1.82) is 0 Å². The van der Waals surface area contributed by atoms with Crippen LogP contribution in [0.4, 0.5) is 15.8 Å². The second-order valence-corrected chi connectivity index (χ2v) is 7.14. The number of nitrogens with zero attached hydrogens (tertiary/aromatic N) is 1. The van der Waals surface area contributed by atoms with Crippen LogP contribution in [-0.2, 0) is 4.74 Å². The lowest BCUT2D eigenvalue weighted by atomic mass is 10.0. The first-order valence-corrected chi connectivity index (χ1v) is 10.3. The summed E-state index contributed by atoms with van der Waals surface area (Å²) >= 11 is 0. The summed E-state index contributed by atoms with van der Waals surface area (Å²) in [4.78, 5) is 17.3. The largest absolute Gasteiger partial charge is 0.489 e. The number of ketones is 1. The highest BCUT2D eigenvalue weighted by atomic mass is 19.1. The van der Waals surface area contributed by atoms with Crippen molar-refractivity contribution in [2.45, 2.75) is 26.7 Å². The number of pyridine rings is 1. The molecule has 2 aromatic carbocycles. The van der Waals surface area contributed by atoms with Gasteiger partial charge in [0.25, 0.3) is 0 Å². The van der Waals surface area contributed by atoms with Gasteiger partial charge in [-0.15, -0.1) is 0 Å². The number of aliphatic hydroxyl groups excluding tert-OH is 1. The molecule has 31 heavy (non-hydrogen) atoms. The number of anilines is 2. The molecule has 0 atom stereocenters. The fourth-order valence-electron chi connectivity index (χ4n) is 3.30. The van der Waals surface area contributed by atoms with Gasteiger partial charge in [-0.2, -0.15) is 0 Å². The third kappa shape index (κ3) is 5.57. The second-order valence-electron chi connectivity index (χ2n) is 7.14. The van der Waals surface area contributed by atoms with Crippen LogP contribution in [0.3, 0.4) is 0 Å². The number of rotatable bonds is 11. The summed E-state index contributed by atoms with van der Waals surface area (Å²) in [6, 6.07) is 10.0. The lowest BCUT2D eigenvalue weighted by Gasteiger charge is -2.17. The van der Waals surface area contributed by atoms with E-state index < -0.39 is 0 Å². The number of carbonyl (C=O) groups is 1. The maximum atomic E-state index is 13.6. The molecule has 6 nitrogen and oxygen atoms in total. The molecule has 0 saturated carbocycles. The molecule has 7 heteroatoms. The Labute approximate surface area is 181 Å². The molecular weight excluding hydrogens is 399 g/mol. The van der Waals surface area contributed by atoms with Crippen molar-refractivity contribution >= 4 is 28.1 Å². The third-order valence-electron chi connectivity index (χ3n) is 4.81. The van der Waals surface area contributed by atoms with Gasteiger partial charge in [0.2, 0.25) is 0 Å². The molecule has 0 radical (unpaired) electrons. The Balaban J connectivity index is 2.01. The fraction of sp³-hybridized carbons (Fsp3) is 0.333. The molecule has 164 valence electrons. The van der Waals surface area contributed by atoms with Gasteiger partial charge in [0.15, 0.2) is 5.78 Å². The fourth-order valence-corrected chi connectivity index (χ4v) is 3.30. The van der Waals surface area contributed by atoms with Gasteiger partial charge in [-0.1, -0.05) is 19.1 Å². The summed E-state index contributed by atoms with van der Waals surface area (Å²) in [5.74, 6) is 0.241. The van der Waals surface area contributed by atoms with Gasteiger partial charge < -0.3 is 19.9 Å². The zero-order valence-electron chi connectivity index (χ0n) is 17.8. The molecule has 1 heterocycles. The minimum Gasteiger partial charge on any atom is -0.489 e. The second kappa shape index (κ2) is 10.8. The molecule has 0 fully saturated rings. The van der Waals surface area contributed by atoms with Crippen LogP contribution >= 0.6 is 0 Å². The highest BCUT2D eigenvalue weighted by Gasteiger charge is 2.18. The average Bonchev–Trinajstić information content (AvgIpc) is 2.75. The molecule has 0 aliphatic heterocycles. The molecule has 2 N–H and O–H groups in total. The molecule has 0 aliphatic rings. The number of benzene rings is 2. The van der Waals surface area contributed by atoms with Gasteiger partial charge in [-0.25, -0.2) is 4.39 Å². The van der Waals surface area contributed by atoms with E-state index in [1.807, 2.05) is 32.0 Å². The summed E-state index contributed by atoms with van der Waals surface area (Å²) in [6.45, 7) is 4.62. The molecule has 0 unspecified atom stereocenters. The van der Waals surface area contributed by atoms with Crippen molar-refractivity contribution in [2.75, 3.05) is 31.7 Å². The van der Waals surface area contributed by atoms with Crippen LogP contribution in [0.2, 0.25) is 0 Å². The summed E-state index contributed by atoms with van der Waals surface area (Å²) in [6.07, 6.45) is 2.70. The van der Waals surface area contributed by atoms with E-state index in [0.29, 0.717) is 47.8 Å². The SMILES string of the molecule is CCCC(=O)c1cnc2c(OCCOCCO)cccc2c1Nc1ccc(F)cc1C. The van der Waals surface area contributed by atoms with Gasteiger partial charge in [0, 0.05) is 23.7 Å². The van der Waals surface area contributed by atoms with Crippen LogP contribution in [0.1, 0.15) is 35.7 Å². The number of carbonyl (C=O) groups excluding carboxylic acids is 1. The maximum Gasteiger partial charge on any atom is 0.166 e. The van der Waals surface area contributed by atoms with Crippen molar-refractivity contribution < 1.29 is 23.8 Å². The first-order chi connectivity index (χ1) is 15.0. The van der Waals surface area contributed by atoms with Crippen LogP contribution in [-0.4, -0.2) is 42.3 Å². The van der Waals surface area contributed by atoms with Gasteiger partial charge in [-0.3, -0.25) is 9.78 Å². The van der Waals surface area contributed by atoms with E-state index in [1.54, 1.807) is 12.3 Å². The predicted octanol–water partition coefficient (Wildman–Crippen LogP) is 4.80. The lowest BCUT2D eigenvalue weighted by molar-refractivity contribution is 0.0708. The lowest BCUT2D eigenvalue weighted by Crippen LogP contribution is -2.10. The molecule has 0 aliphatic carbocycles. The zero-order chi connectivity index (χ0) is 22.2. The van der Waals surface area contributed by atoms with E-state index in [9.17, 15) is 9.18 Å². The minimum absolute atomic E-state index is 0.0112. The van der Waals surface area contributed by atoms with Crippen LogP contribution < -0.4 is 10.1 Å². The zero-order valence-corrected chi connectivity index (χ0v) is 17.8. The number of aliphatic hydroxyl groups is 1. The number of aromatic nitrogens is 1. The van der Waals surface area contributed by atoms with Crippen molar-refractivity contribution in [1.82, 2.24) is 4.98 Å². The van der Waals surface area contributed by atoms with Crippen molar-refractivity contribution in [3.8, 4) is 5.75 Å². The predicted molar refractivity (Wildman–Crippen MR) is 119 cm³/mol. The van der Waals surface area contributed by atoms with Gasteiger partial charge in [0.05, 0.1) is 31.1 Å². The van der Waals surface area contributed by atoms with Crippen molar-refractivity contribution in [2.24, 2.45) is 0 Å². The van der Waals surface area contributed by atoms with E-state index in [2.05, 4.69) is 10.3 Å². The number of fused-ring (bicyclic) bond motifs is 1. The van der Waals surface area contributed by atoms with Crippen molar-refractivity contribution in [3.05, 3.63) is 59.5 Å². The molecule has 3 aromatic rings. The number of halogens is 1. The van der Waals surface area contributed by atoms with E-state index >= 15 is 0 Å². The Kier molecular flexibility index (Phi) is 7.92. The number of nitrogens with one attached hydrogen (secondary N) is 1. The molecule has 3 rings (SSSR count). The van der Waals surface area contributed by atoms with Crippen molar-refractivity contribution in [3.63, 3.8) is 0 Å². The quantitative estimate of drug-likeness (QED) is 0.339. The number of para-hydroxylation sites is 1. The number of hydrogen-bond donors (Lipinski definition) is 2. The Morgan fingerprint density at radius 2 is 2.03 bits per heavy atom. The molecule has 0 amide bonds. The first kappa shape index (κ1) is 22.7. The van der Waals surface area contributed by atoms with E-state index in [0.717, 1.165) is 17.4 Å². The van der Waals surface area contributed by atoms with Gasteiger partial charge >= 0.3 is 0 Å². The smallest absolute Gasteiger partial charge is 0.166 e. The third-order valence-corrected chi connectivity index (χ3v) is 4.81. The molecule has 0 bridgehead atoms. The van der Waals surface area contributed by atoms with Crippen LogP contribution in [0.15, 0.2) is 42.6 Å². The number of ether oxygens (including phenoxy) is 2.